The molecule has 1 aromatic rings. The molecule has 7 heteroatoms. The first kappa shape index (κ1) is 14.2. The number of carbonyl (C=O) groups is 1. The average molecular weight is 279 g/mol. The van der Waals surface area contributed by atoms with Gasteiger partial charge in [0.15, 0.2) is 0 Å². The van der Waals surface area contributed by atoms with Gasteiger partial charge in [0, 0.05) is 12.7 Å². The number of aliphatic hydroxyl groups is 2. The maximum absolute atomic E-state index is 11.7. The lowest BCUT2D eigenvalue weighted by atomic mass is 10.1. The Balaban J connectivity index is 2.74. The third-order valence-corrected chi connectivity index (χ3v) is 2.54. The van der Waals surface area contributed by atoms with Crippen LogP contribution in [-0.4, -0.2) is 39.9 Å². The maximum Gasteiger partial charge on any atom is 0.253 e. The van der Waals surface area contributed by atoms with E-state index in [1.54, 1.807) is 0 Å². The first-order chi connectivity index (χ1) is 7.85. The Labute approximate surface area is 108 Å². The van der Waals surface area contributed by atoms with E-state index < -0.39 is 18.1 Å². The number of aromatic nitrogens is 1. The van der Waals surface area contributed by atoms with E-state index >= 15 is 0 Å². The summed E-state index contributed by atoms with van der Waals surface area (Å²) in [6.07, 6.45) is 1.27. The van der Waals surface area contributed by atoms with Gasteiger partial charge in [0.05, 0.1) is 17.2 Å². The summed E-state index contributed by atoms with van der Waals surface area (Å²) in [4.78, 5) is 15.4. The fourth-order valence-electron chi connectivity index (χ4n) is 1.01. The number of hydrogen-bond donors (Lipinski definition) is 3. The molecule has 0 bridgehead atoms. The molecule has 0 radical (unpaired) electrons. The summed E-state index contributed by atoms with van der Waals surface area (Å²) in [6.45, 7) is 0.838. The third-order valence-electron chi connectivity index (χ3n) is 2.04. The van der Waals surface area contributed by atoms with Crippen LogP contribution >= 0.6 is 23.2 Å². The Kier molecular flexibility index (Phi) is 4.70. The van der Waals surface area contributed by atoms with Gasteiger partial charge < -0.3 is 15.5 Å². The van der Waals surface area contributed by atoms with Gasteiger partial charge in [0.25, 0.3) is 5.91 Å². The van der Waals surface area contributed by atoms with Crippen molar-refractivity contribution in [1.82, 2.24) is 10.3 Å². The highest BCUT2D eigenvalue weighted by Gasteiger charge is 2.21. The summed E-state index contributed by atoms with van der Waals surface area (Å²) in [5.41, 5.74) is -1.21. The normalized spacial score (nSPS) is 14.2. The molecule has 0 fully saturated rings. The molecule has 0 aromatic carbocycles. The molecular formula is C10H12Cl2N2O3. The zero-order valence-corrected chi connectivity index (χ0v) is 10.6. The Morgan fingerprint density at radius 2 is 2.24 bits per heavy atom. The maximum atomic E-state index is 11.7. The highest BCUT2D eigenvalue weighted by atomic mass is 35.5. The largest absolute Gasteiger partial charge is 0.393 e. The number of aliphatic hydroxyl groups excluding tert-OH is 1. The first-order valence-corrected chi connectivity index (χ1v) is 5.54. The monoisotopic (exact) mass is 278 g/mol. The summed E-state index contributed by atoms with van der Waals surface area (Å²) in [5, 5.41) is 21.1. The van der Waals surface area contributed by atoms with Crippen LogP contribution in [0.25, 0.3) is 0 Å². The number of rotatable bonds is 4. The molecule has 3 N–H and O–H groups in total. The zero-order valence-electron chi connectivity index (χ0n) is 9.07. The van der Waals surface area contributed by atoms with Gasteiger partial charge in [-0.15, -0.1) is 0 Å². The Hall–Kier alpha value is -0.880. The lowest BCUT2D eigenvalue weighted by Crippen LogP contribution is -2.43. The molecule has 0 saturated carbocycles. The van der Waals surface area contributed by atoms with Crippen molar-refractivity contribution in [3.63, 3.8) is 0 Å². The van der Waals surface area contributed by atoms with Crippen molar-refractivity contribution in [2.24, 2.45) is 0 Å². The van der Waals surface area contributed by atoms with Crippen LogP contribution in [0.2, 0.25) is 10.2 Å². The standard InChI is InChI=1S/C10H12Cl2N2O3/c1-10(17,5-15)4-14-9(16)6-2-8(12)13-3-7(6)11/h2-3,15,17H,4-5H2,1H3,(H,14,16). The fourth-order valence-corrected chi connectivity index (χ4v) is 1.36. The second kappa shape index (κ2) is 5.64. The van der Waals surface area contributed by atoms with E-state index in [2.05, 4.69) is 10.3 Å². The molecule has 5 nitrogen and oxygen atoms in total. The smallest absolute Gasteiger partial charge is 0.253 e. The summed E-state index contributed by atoms with van der Waals surface area (Å²) in [6, 6.07) is 1.33. The predicted octanol–water partition coefficient (Wildman–Crippen LogP) is 0.861. The lowest BCUT2D eigenvalue weighted by Gasteiger charge is -2.20. The average Bonchev–Trinajstić information content (AvgIpc) is 2.29. The third kappa shape index (κ3) is 4.12. The summed E-state index contributed by atoms with van der Waals surface area (Å²) in [5.74, 6) is -0.493. The molecular weight excluding hydrogens is 267 g/mol. The van der Waals surface area contributed by atoms with E-state index in [0.717, 1.165) is 0 Å². The zero-order chi connectivity index (χ0) is 13.1. The van der Waals surface area contributed by atoms with E-state index in [-0.39, 0.29) is 22.3 Å². The number of carbonyl (C=O) groups excluding carboxylic acids is 1. The van der Waals surface area contributed by atoms with Crippen LogP contribution in [0.5, 0.6) is 0 Å². The second-order valence-electron chi connectivity index (χ2n) is 3.82. The van der Waals surface area contributed by atoms with E-state index in [1.807, 2.05) is 0 Å². The molecule has 1 atom stereocenters. The number of hydrogen-bond acceptors (Lipinski definition) is 4. The second-order valence-corrected chi connectivity index (χ2v) is 4.62. The van der Waals surface area contributed by atoms with E-state index in [1.165, 1.54) is 19.2 Å². The van der Waals surface area contributed by atoms with Crippen molar-refractivity contribution in [3.8, 4) is 0 Å². The predicted molar refractivity (Wildman–Crippen MR) is 64.3 cm³/mol. The van der Waals surface area contributed by atoms with Gasteiger partial charge in [0.1, 0.15) is 10.8 Å². The van der Waals surface area contributed by atoms with Crippen molar-refractivity contribution < 1.29 is 15.0 Å². The Morgan fingerprint density at radius 1 is 1.59 bits per heavy atom. The van der Waals surface area contributed by atoms with Gasteiger partial charge in [-0.3, -0.25) is 4.79 Å². The van der Waals surface area contributed by atoms with Gasteiger partial charge in [-0.2, -0.15) is 0 Å². The van der Waals surface area contributed by atoms with Crippen molar-refractivity contribution in [2.75, 3.05) is 13.2 Å². The van der Waals surface area contributed by atoms with E-state index in [0.29, 0.717) is 0 Å². The van der Waals surface area contributed by atoms with Crippen molar-refractivity contribution in [1.29, 1.82) is 0 Å². The van der Waals surface area contributed by atoms with Crippen molar-refractivity contribution in [3.05, 3.63) is 28.0 Å². The highest BCUT2D eigenvalue weighted by Crippen LogP contribution is 2.17. The summed E-state index contributed by atoms with van der Waals surface area (Å²) in [7, 11) is 0. The minimum absolute atomic E-state index is 0.0986. The van der Waals surface area contributed by atoms with Gasteiger partial charge in [-0.25, -0.2) is 4.98 Å². The van der Waals surface area contributed by atoms with Crippen LogP contribution in [0.15, 0.2) is 12.3 Å². The number of nitrogens with one attached hydrogen (secondary N) is 1. The number of amides is 1. The molecule has 0 aliphatic rings. The molecule has 0 saturated heterocycles. The van der Waals surface area contributed by atoms with Crippen LogP contribution in [0.3, 0.4) is 0 Å². The van der Waals surface area contributed by atoms with E-state index in [9.17, 15) is 9.90 Å². The molecule has 0 aliphatic heterocycles. The summed E-state index contributed by atoms with van der Waals surface area (Å²) < 4.78 is 0. The van der Waals surface area contributed by atoms with Crippen LogP contribution in [0.1, 0.15) is 17.3 Å². The SMILES string of the molecule is CC(O)(CO)CNC(=O)c1cc(Cl)ncc1Cl. The molecule has 94 valence electrons. The molecule has 0 aliphatic carbocycles. The molecule has 0 spiro atoms. The minimum Gasteiger partial charge on any atom is -0.393 e. The summed E-state index contributed by atoms with van der Waals surface area (Å²) >= 11 is 11.4. The fraction of sp³-hybridized carbons (Fsp3) is 0.400. The topological polar surface area (TPSA) is 82.5 Å². The number of nitrogens with zero attached hydrogens (tertiary/aromatic N) is 1. The molecule has 1 aromatic heterocycles. The molecule has 17 heavy (non-hydrogen) atoms. The van der Waals surface area contributed by atoms with Gasteiger partial charge in [0.2, 0.25) is 0 Å². The quantitative estimate of drug-likeness (QED) is 0.714. The number of pyridine rings is 1. The number of halogens is 2. The molecule has 1 heterocycles. The molecule has 1 rings (SSSR count). The lowest BCUT2D eigenvalue weighted by molar-refractivity contribution is 0.00320. The van der Waals surface area contributed by atoms with Crippen LogP contribution in [0, 0.1) is 0 Å². The van der Waals surface area contributed by atoms with Crippen molar-refractivity contribution in [2.45, 2.75) is 12.5 Å². The van der Waals surface area contributed by atoms with Gasteiger partial charge >= 0.3 is 0 Å². The van der Waals surface area contributed by atoms with Crippen LogP contribution in [-0.2, 0) is 0 Å². The molecule has 1 amide bonds. The van der Waals surface area contributed by atoms with Gasteiger partial charge in [-0.1, -0.05) is 23.2 Å². The van der Waals surface area contributed by atoms with Crippen molar-refractivity contribution >= 4 is 29.1 Å². The Morgan fingerprint density at radius 3 is 2.82 bits per heavy atom. The van der Waals surface area contributed by atoms with Crippen LogP contribution in [0.4, 0.5) is 0 Å². The first-order valence-electron chi connectivity index (χ1n) is 4.78. The Bertz CT molecular complexity index is 424. The minimum atomic E-state index is -1.38. The van der Waals surface area contributed by atoms with E-state index in [4.69, 9.17) is 28.3 Å². The van der Waals surface area contributed by atoms with Crippen LogP contribution < -0.4 is 5.32 Å². The highest BCUT2D eigenvalue weighted by molar-refractivity contribution is 6.35. The van der Waals surface area contributed by atoms with Gasteiger partial charge in [-0.05, 0) is 13.0 Å². The molecule has 1 unspecified atom stereocenters.